The van der Waals surface area contributed by atoms with Gasteiger partial charge in [0.1, 0.15) is 0 Å². The molecule has 3 unspecified atom stereocenters. The summed E-state index contributed by atoms with van der Waals surface area (Å²) in [6.45, 7) is 2.12. The number of nitrogens with zero attached hydrogens (tertiary/aromatic N) is 1. The zero-order valence-electron chi connectivity index (χ0n) is 12.1. The first-order valence-corrected chi connectivity index (χ1v) is 9.72. The first-order chi connectivity index (χ1) is 9.98. The lowest BCUT2D eigenvalue weighted by molar-refractivity contribution is 0.299. The third-order valence-corrected chi connectivity index (χ3v) is 7.08. The Kier molecular flexibility index (Phi) is 5.45. The number of hydrogen-bond donors (Lipinski definition) is 0. The SMILES string of the molecule is CCCC1CCC(C#N)C(S(=O)(=O)c2ccc(Br)cc2)C1. The molecule has 3 nitrogen and oxygen atoms in total. The van der Waals surface area contributed by atoms with Crippen LogP contribution in [0.25, 0.3) is 0 Å². The lowest BCUT2D eigenvalue weighted by Gasteiger charge is -2.32. The van der Waals surface area contributed by atoms with Crippen molar-refractivity contribution in [2.24, 2.45) is 11.8 Å². The Morgan fingerprint density at radius 3 is 2.52 bits per heavy atom. The van der Waals surface area contributed by atoms with Crippen LogP contribution in [0.2, 0.25) is 0 Å². The van der Waals surface area contributed by atoms with Crippen LogP contribution in [-0.2, 0) is 9.84 Å². The summed E-state index contributed by atoms with van der Waals surface area (Å²) in [6, 6.07) is 8.93. The number of rotatable bonds is 4. The number of benzene rings is 1. The van der Waals surface area contributed by atoms with Crippen LogP contribution in [0, 0.1) is 23.2 Å². The number of hydrogen-bond acceptors (Lipinski definition) is 3. The van der Waals surface area contributed by atoms with E-state index >= 15 is 0 Å². The second-order valence-electron chi connectivity index (χ2n) is 5.74. The van der Waals surface area contributed by atoms with Crippen molar-refractivity contribution in [3.8, 4) is 6.07 Å². The highest BCUT2D eigenvalue weighted by Crippen LogP contribution is 2.37. The quantitative estimate of drug-likeness (QED) is 0.793. The van der Waals surface area contributed by atoms with Gasteiger partial charge >= 0.3 is 0 Å². The molecule has 1 fully saturated rings. The minimum Gasteiger partial charge on any atom is -0.223 e. The van der Waals surface area contributed by atoms with Crippen molar-refractivity contribution in [3.05, 3.63) is 28.7 Å². The van der Waals surface area contributed by atoms with Crippen LogP contribution in [0.3, 0.4) is 0 Å². The average Bonchev–Trinajstić information content (AvgIpc) is 2.48. The Hall–Kier alpha value is -0.860. The van der Waals surface area contributed by atoms with Crippen LogP contribution in [0.4, 0.5) is 0 Å². The molecule has 2 rings (SSSR count). The minimum atomic E-state index is -3.43. The van der Waals surface area contributed by atoms with Crippen LogP contribution in [0.1, 0.15) is 39.0 Å². The molecule has 1 saturated carbocycles. The molecule has 0 amide bonds. The summed E-state index contributed by atoms with van der Waals surface area (Å²) in [6.07, 6.45) is 4.39. The van der Waals surface area contributed by atoms with Gasteiger partial charge in [0.05, 0.1) is 22.1 Å². The van der Waals surface area contributed by atoms with Gasteiger partial charge in [0.15, 0.2) is 9.84 Å². The van der Waals surface area contributed by atoms with Crippen molar-refractivity contribution >= 4 is 25.8 Å². The molecule has 0 radical (unpaired) electrons. The normalized spacial score (nSPS) is 26.2. The first kappa shape index (κ1) is 16.5. The van der Waals surface area contributed by atoms with Gasteiger partial charge in [-0.25, -0.2) is 8.42 Å². The second-order valence-corrected chi connectivity index (χ2v) is 8.82. The Morgan fingerprint density at radius 2 is 1.95 bits per heavy atom. The molecular weight excluding hydrogens is 350 g/mol. The minimum absolute atomic E-state index is 0.327. The summed E-state index contributed by atoms with van der Waals surface area (Å²) in [5.41, 5.74) is 0. The third kappa shape index (κ3) is 3.67. The largest absolute Gasteiger partial charge is 0.223 e. The van der Waals surface area contributed by atoms with Gasteiger partial charge in [-0.2, -0.15) is 5.26 Å². The third-order valence-electron chi connectivity index (χ3n) is 4.30. The number of sulfone groups is 1. The Bertz CT molecular complexity index is 619. The lowest BCUT2D eigenvalue weighted by Crippen LogP contribution is -2.35. The van der Waals surface area contributed by atoms with E-state index in [-0.39, 0.29) is 5.92 Å². The van der Waals surface area contributed by atoms with E-state index in [1.807, 2.05) is 0 Å². The molecule has 3 atom stereocenters. The highest BCUT2D eigenvalue weighted by molar-refractivity contribution is 9.10. The van der Waals surface area contributed by atoms with Crippen LogP contribution in [-0.4, -0.2) is 13.7 Å². The maximum Gasteiger partial charge on any atom is 0.182 e. The fourth-order valence-electron chi connectivity index (χ4n) is 3.17. The maximum absolute atomic E-state index is 12.9. The molecule has 1 aromatic carbocycles. The zero-order chi connectivity index (χ0) is 15.5. The van der Waals surface area contributed by atoms with Gasteiger partial charge in [0.25, 0.3) is 0 Å². The van der Waals surface area contributed by atoms with Crippen molar-refractivity contribution in [2.45, 2.75) is 49.2 Å². The van der Waals surface area contributed by atoms with Gasteiger partial charge in [-0.05, 0) is 49.4 Å². The van der Waals surface area contributed by atoms with Gasteiger partial charge in [-0.15, -0.1) is 0 Å². The summed E-state index contributed by atoms with van der Waals surface area (Å²) in [5.74, 6) is 0.0431. The predicted octanol–water partition coefficient (Wildman–Crippen LogP) is 4.33. The highest BCUT2D eigenvalue weighted by atomic mass is 79.9. The summed E-state index contributed by atoms with van der Waals surface area (Å²) < 4.78 is 26.6. The van der Waals surface area contributed by atoms with E-state index < -0.39 is 15.1 Å². The first-order valence-electron chi connectivity index (χ1n) is 7.38. The fourth-order valence-corrected chi connectivity index (χ4v) is 5.46. The van der Waals surface area contributed by atoms with E-state index in [1.165, 1.54) is 0 Å². The number of halogens is 1. The Labute approximate surface area is 135 Å². The highest BCUT2D eigenvalue weighted by Gasteiger charge is 2.39. The van der Waals surface area contributed by atoms with E-state index in [0.29, 0.717) is 23.7 Å². The second kappa shape index (κ2) is 6.93. The topological polar surface area (TPSA) is 57.9 Å². The summed E-state index contributed by atoms with van der Waals surface area (Å²) in [5, 5.41) is 8.75. The standard InChI is InChI=1S/C16H20BrNO2S/c1-2-3-12-4-5-13(11-18)16(10-12)21(19,20)15-8-6-14(17)7-9-15/h6-9,12-13,16H,2-5,10H2,1H3. The van der Waals surface area contributed by atoms with Crippen molar-refractivity contribution in [1.29, 1.82) is 5.26 Å². The van der Waals surface area contributed by atoms with Crippen LogP contribution in [0.5, 0.6) is 0 Å². The molecule has 1 aromatic rings. The van der Waals surface area contributed by atoms with E-state index in [4.69, 9.17) is 0 Å². The van der Waals surface area contributed by atoms with Crippen LogP contribution in [0.15, 0.2) is 33.6 Å². The molecule has 1 aliphatic rings. The van der Waals surface area contributed by atoms with Crippen LogP contribution >= 0.6 is 15.9 Å². The van der Waals surface area contributed by atoms with E-state index in [0.717, 1.165) is 23.7 Å². The van der Waals surface area contributed by atoms with Gasteiger partial charge < -0.3 is 0 Å². The number of nitriles is 1. The van der Waals surface area contributed by atoms with Gasteiger partial charge in [-0.3, -0.25) is 0 Å². The van der Waals surface area contributed by atoms with E-state index in [2.05, 4.69) is 28.9 Å². The molecule has 0 spiro atoms. The van der Waals surface area contributed by atoms with Gasteiger partial charge in [0.2, 0.25) is 0 Å². The molecule has 1 aliphatic carbocycles. The van der Waals surface area contributed by atoms with Crippen LogP contribution < -0.4 is 0 Å². The predicted molar refractivity (Wildman–Crippen MR) is 86.5 cm³/mol. The molecule has 0 saturated heterocycles. The molecular formula is C16H20BrNO2S. The van der Waals surface area contributed by atoms with E-state index in [1.54, 1.807) is 24.3 Å². The summed E-state index contributed by atoms with van der Waals surface area (Å²) in [7, 11) is -3.43. The van der Waals surface area contributed by atoms with Crippen molar-refractivity contribution in [3.63, 3.8) is 0 Å². The molecule has 0 bridgehead atoms. The monoisotopic (exact) mass is 369 g/mol. The van der Waals surface area contributed by atoms with Crippen molar-refractivity contribution in [2.75, 3.05) is 0 Å². The smallest absolute Gasteiger partial charge is 0.182 e. The average molecular weight is 370 g/mol. The van der Waals surface area contributed by atoms with Crippen molar-refractivity contribution < 1.29 is 8.42 Å². The molecule has 0 aliphatic heterocycles. The molecule has 21 heavy (non-hydrogen) atoms. The Balaban J connectivity index is 2.30. The van der Waals surface area contributed by atoms with E-state index in [9.17, 15) is 13.7 Å². The molecule has 0 heterocycles. The van der Waals surface area contributed by atoms with Gasteiger partial charge in [0, 0.05) is 4.47 Å². The zero-order valence-corrected chi connectivity index (χ0v) is 14.5. The summed E-state index contributed by atoms with van der Waals surface area (Å²) >= 11 is 3.32. The molecule has 5 heteroatoms. The molecule has 0 aromatic heterocycles. The molecule has 0 N–H and O–H groups in total. The Morgan fingerprint density at radius 1 is 1.29 bits per heavy atom. The lowest BCUT2D eigenvalue weighted by atomic mass is 9.80. The maximum atomic E-state index is 12.9. The van der Waals surface area contributed by atoms with Crippen molar-refractivity contribution in [1.82, 2.24) is 0 Å². The summed E-state index contributed by atoms with van der Waals surface area (Å²) in [4.78, 5) is 0.327. The molecule has 114 valence electrons. The fraction of sp³-hybridized carbons (Fsp3) is 0.562. The van der Waals surface area contributed by atoms with Gasteiger partial charge in [-0.1, -0.05) is 35.7 Å².